The summed E-state index contributed by atoms with van der Waals surface area (Å²) in [6, 6.07) is 0. The van der Waals surface area contributed by atoms with Crippen LogP contribution in [0.5, 0.6) is 0 Å². The molecule has 1 nitrogen and oxygen atoms in total. The fraction of sp³-hybridized carbons (Fsp3) is 0.474. The van der Waals surface area contributed by atoms with Gasteiger partial charge in [0.25, 0.3) is 0 Å². The molecule has 0 aromatic carbocycles. The van der Waals surface area contributed by atoms with Crippen LogP contribution in [0.1, 0.15) is 47.5 Å². The van der Waals surface area contributed by atoms with Gasteiger partial charge in [0.15, 0.2) is 0 Å². The van der Waals surface area contributed by atoms with E-state index in [9.17, 15) is 0 Å². The van der Waals surface area contributed by atoms with Gasteiger partial charge in [0.05, 0.1) is 0 Å². The van der Waals surface area contributed by atoms with E-state index in [1.165, 1.54) is 16.7 Å². The predicted molar refractivity (Wildman–Crippen MR) is 92.4 cm³/mol. The molecule has 2 N–H and O–H groups in total. The van der Waals surface area contributed by atoms with Crippen LogP contribution in [-0.4, -0.2) is 0 Å². The first kappa shape index (κ1) is 18.5. The van der Waals surface area contributed by atoms with E-state index in [0.29, 0.717) is 17.5 Å². The minimum atomic E-state index is 0.328. The molecule has 0 bridgehead atoms. The second-order valence-electron chi connectivity index (χ2n) is 5.91. The van der Waals surface area contributed by atoms with Gasteiger partial charge < -0.3 is 5.73 Å². The fourth-order valence-corrected chi connectivity index (χ4v) is 1.86. The van der Waals surface area contributed by atoms with Crippen molar-refractivity contribution >= 4 is 0 Å². The normalized spacial score (nSPS) is 14.3. The molecule has 0 heterocycles. The molecule has 0 radical (unpaired) electrons. The van der Waals surface area contributed by atoms with Crippen LogP contribution in [0, 0.1) is 11.8 Å². The summed E-state index contributed by atoms with van der Waals surface area (Å²) < 4.78 is 0. The zero-order valence-corrected chi connectivity index (χ0v) is 13.9. The lowest BCUT2D eigenvalue weighted by atomic mass is 9.86. The summed E-state index contributed by atoms with van der Waals surface area (Å²) in [5.41, 5.74) is 11.3. The standard InChI is InChI=1S/C19H31N/c1-9-14(4)10-19(12-15(5)13(2)3)18(8)16(6)11-17(7)20/h11-13,18H,4-5,7,9-10,20H2,1-3,6,8H3/b16-11-,19-12-. The van der Waals surface area contributed by atoms with Crippen LogP contribution in [0.4, 0.5) is 0 Å². The lowest BCUT2D eigenvalue weighted by Gasteiger charge is -2.20. The maximum atomic E-state index is 5.68. The van der Waals surface area contributed by atoms with Gasteiger partial charge in [-0.25, -0.2) is 0 Å². The largest absolute Gasteiger partial charge is 0.399 e. The quantitative estimate of drug-likeness (QED) is 0.456. The maximum Gasteiger partial charge on any atom is 0.0240 e. The maximum absolute atomic E-state index is 5.68. The van der Waals surface area contributed by atoms with Gasteiger partial charge >= 0.3 is 0 Å². The molecule has 0 fully saturated rings. The van der Waals surface area contributed by atoms with Gasteiger partial charge in [-0.2, -0.15) is 0 Å². The Morgan fingerprint density at radius 2 is 1.65 bits per heavy atom. The Morgan fingerprint density at radius 3 is 2.05 bits per heavy atom. The van der Waals surface area contributed by atoms with Crippen LogP contribution in [0.2, 0.25) is 0 Å². The van der Waals surface area contributed by atoms with Gasteiger partial charge in [-0.05, 0) is 37.7 Å². The van der Waals surface area contributed by atoms with Gasteiger partial charge in [-0.15, -0.1) is 0 Å². The molecule has 20 heavy (non-hydrogen) atoms. The molecule has 1 atom stereocenters. The average molecular weight is 273 g/mol. The first-order valence-corrected chi connectivity index (χ1v) is 7.37. The highest BCUT2D eigenvalue weighted by Gasteiger charge is 2.13. The summed E-state index contributed by atoms with van der Waals surface area (Å²) >= 11 is 0. The second kappa shape index (κ2) is 8.63. The smallest absolute Gasteiger partial charge is 0.0240 e. The van der Waals surface area contributed by atoms with Crippen molar-refractivity contribution in [2.45, 2.75) is 47.5 Å². The Labute approximate surface area is 125 Å². The molecule has 0 aliphatic heterocycles. The molecule has 112 valence electrons. The zero-order chi connectivity index (χ0) is 15.9. The van der Waals surface area contributed by atoms with Gasteiger partial charge in [0.1, 0.15) is 0 Å². The highest BCUT2D eigenvalue weighted by Crippen LogP contribution is 2.28. The molecule has 1 heteroatoms. The third-order valence-electron chi connectivity index (χ3n) is 3.72. The van der Waals surface area contributed by atoms with Crippen molar-refractivity contribution in [3.05, 3.63) is 59.9 Å². The highest BCUT2D eigenvalue weighted by atomic mass is 14.5. The molecule has 0 aromatic rings. The molecule has 1 unspecified atom stereocenters. The average Bonchev–Trinajstić information content (AvgIpc) is 2.35. The number of hydrogen-bond acceptors (Lipinski definition) is 1. The zero-order valence-electron chi connectivity index (χ0n) is 13.9. The van der Waals surface area contributed by atoms with Crippen LogP contribution in [0.25, 0.3) is 0 Å². The van der Waals surface area contributed by atoms with Crippen molar-refractivity contribution in [1.82, 2.24) is 0 Å². The minimum absolute atomic E-state index is 0.328. The molecule has 0 saturated heterocycles. The molecular weight excluding hydrogens is 242 g/mol. The summed E-state index contributed by atoms with van der Waals surface area (Å²) in [5.74, 6) is 0.787. The van der Waals surface area contributed by atoms with E-state index in [4.69, 9.17) is 5.73 Å². The first-order chi connectivity index (χ1) is 9.18. The van der Waals surface area contributed by atoms with Crippen LogP contribution < -0.4 is 5.73 Å². The SMILES string of the molecule is C=C(N)/C=C(/C)C(C)/C(=C\C(=C)C(C)C)CC(=C)CC. The highest BCUT2D eigenvalue weighted by molar-refractivity contribution is 5.32. The fourth-order valence-electron chi connectivity index (χ4n) is 1.86. The lowest BCUT2D eigenvalue weighted by molar-refractivity contribution is 0.741. The van der Waals surface area contributed by atoms with Gasteiger partial charge in [0.2, 0.25) is 0 Å². The van der Waals surface area contributed by atoms with Crippen LogP contribution in [0.15, 0.2) is 59.9 Å². The van der Waals surface area contributed by atoms with Gasteiger partial charge in [-0.1, -0.05) is 75.8 Å². The van der Waals surface area contributed by atoms with Crippen molar-refractivity contribution in [2.24, 2.45) is 17.6 Å². The third kappa shape index (κ3) is 6.60. The number of nitrogens with two attached hydrogens (primary N) is 1. The Bertz CT molecular complexity index is 433. The summed E-state index contributed by atoms with van der Waals surface area (Å²) in [5, 5.41) is 0. The molecule has 0 amide bonds. The number of hydrogen-bond donors (Lipinski definition) is 1. The Kier molecular flexibility index (Phi) is 7.98. The van der Waals surface area contributed by atoms with Crippen molar-refractivity contribution < 1.29 is 0 Å². The van der Waals surface area contributed by atoms with E-state index in [2.05, 4.69) is 60.4 Å². The summed E-state index contributed by atoms with van der Waals surface area (Å²) in [7, 11) is 0. The molecule has 0 aliphatic rings. The van der Waals surface area contributed by atoms with Gasteiger partial charge in [-0.3, -0.25) is 0 Å². The Hall–Kier alpha value is -1.50. The predicted octanol–water partition coefficient (Wildman–Crippen LogP) is 5.54. The van der Waals surface area contributed by atoms with E-state index < -0.39 is 0 Å². The lowest BCUT2D eigenvalue weighted by Crippen LogP contribution is -2.05. The molecule has 0 saturated carbocycles. The van der Waals surface area contributed by atoms with Crippen molar-refractivity contribution in [3.63, 3.8) is 0 Å². The van der Waals surface area contributed by atoms with E-state index in [1.54, 1.807) is 0 Å². The molecule has 0 aromatic heterocycles. The Morgan fingerprint density at radius 1 is 1.10 bits per heavy atom. The van der Waals surface area contributed by atoms with Crippen LogP contribution in [-0.2, 0) is 0 Å². The van der Waals surface area contributed by atoms with Crippen LogP contribution in [0.3, 0.4) is 0 Å². The summed E-state index contributed by atoms with van der Waals surface area (Å²) in [6.07, 6.45) is 6.11. The number of rotatable bonds is 8. The minimum Gasteiger partial charge on any atom is -0.399 e. The van der Waals surface area contributed by atoms with Gasteiger partial charge in [0, 0.05) is 5.70 Å². The van der Waals surface area contributed by atoms with E-state index in [-0.39, 0.29) is 0 Å². The third-order valence-corrected chi connectivity index (χ3v) is 3.72. The molecule has 0 rings (SSSR count). The van der Waals surface area contributed by atoms with Crippen molar-refractivity contribution in [3.8, 4) is 0 Å². The van der Waals surface area contributed by atoms with Crippen LogP contribution >= 0.6 is 0 Å². The van der Waals surface area contributed by atoms with E-state index in [1.807, 2.05) is 6.08 Å². The second-order valence-corrected chi connectivity index (χ2v) is 5.91. The molecular formula is C19H31N. The monoisotopic (exact) mass is 273 g/mol. The van der Waals surface area contributed by atoms with E-state index in [0.717, 1.165) is 18.4 Å². The van der Waals surface area contributed by atoms with Crippen molar-refractivity contribution in [2.75, 3.05) is 0 Å². The topological polar surface area (TPSA) is 26.0 Å². The van der Waals surface area contributed by atoms with Crippen molar-refractivity contribution in [1.29, 1.82) is 0 Å². The molecule has 0 aliphatic carbocycles. The number of allylic oxidation sites excluding steroid dienone is 6. The Balaban J connectivity index is 5.36. The summed E-state index contributed by atoms with van der Waals surface area (Å²) in [4.78, 5) is 0. The molecule has 0 spiro atoms. The van der Waals surface area contributed by atoms with E-state index >= 15 is 0 Å². The summed E-state index contributed by atoms with van der Waals surface area (Å²) in [6.45, 7) is 22.8. The first-order valence-electron chi connectivity index (χ1n) is 7.37.